The molecule has 144 valence electrons. The van der Waals surface area contributed by atoms with Crippen LogP contribution in [0.3, 0.4) is 0 Å². The van der Waals surface area contributed by atoms with Crippen LogP contribution in [-0.4, -0.2) is 30.0 Å². The van der Waals surface area contributed by atoms with Crippen molar-refractivity contribution in [2.75, 3.05) is 24.9 Å². The first-order chi connectivity index (χ1) is 13.5. The summed E-state index contributed by atoms with van der Waals surface area (Å²) in [7, 11) is 3.10. The third-order valence-electron chi connectivity index (χ3n) is 3.94. The zero-order valence-corrected chi connectivity index (χ0v) is 16.4. The highest BCUT2D eigenvalue weighted by molar-refractivity contribution is 6.32. The fourth-order valence-corrected chi connectivity index (χ4v) is 2.73. The van der Waals surface area contributed by atoms with Gasteiger partial charge in [-0.15, -0.1) is 0 Å². The summed E-state index contributed by atoms with van der Waals surface area (Å²) in [6.45, 7) is 1.53. The second kappa shape index (κ2) is 8.58. The van der Waals surface area contributed by atoms with Gasteiger partial charge in [-0.25, -0.2) is 4.98 Å². The number of hydrogen-bond acceptors (Lipinski definition) is 7. The lowest BCUT2D eigenvalue weighted by Gasteiger charge is -2.14. The summed E-state index contributed by atoms with van der Waals surface area (Å²) in [5.41, 5.74) is 2.07. The number of nitrogens with zero attached hydrogens (tertiary/aromatic N) is 2. The molecule has 0 saturated carbocycles. The number of benzene rings is 2. The van der Waals surface area contributed by atoms with E-state index in [1.807, 2.05) is 0 Å². The van der Waals surface area contributed by atoms with Crippen molar-refractivity contribution >= 4 is 40.5 Å². The third-order valence-corrected chi connectivity index (χ3v) is 4.24. The van der Waals surface area contributed by atoms with E-state index in [9.17, 15) is 4.79 Å². The molecule has 0 aliphatic rings. The van der Waals surface area contributed by atoms with Gasteiger partial charge in [-0.3, -0.25) is 4.79 Å². The van der Waals surface area contributed by atoms with E-state index in [1.165, 1.54) is 6.92 Å². The third kappa shape index (κ3) is 4.50. The van der Waals surface area contributed by atoms with Crippen LogP contribution < -0.4 is 20.1 Å². The van der Waals surface area contributed by atoms with Crippen molar-refractivity contribution in [2.45, 2.75) is 6.92 Å². The minimum absolute atomic E-state index is 0.0151. The molecule has 0 spiro atoms. The molecule has 28 heavy (non-hydrogen) atoms. The number of methoxy groups -OCH3 is 2. The van der Waals surface area contributed by atoms with E-state index < -0.39 is 0 Å². The van der Waals surface area contributed by atoms with Crippen LogP contribution >= 0.6 is 11.6 Å². The van der Waals surface area contributed by atoms with Crippen molar-refractivity contribution in [2.24, 2.45) is 0 Å². The van der Waals surface area contributed by atoms with Gasteiger partial charge in [-0.1, -0.05) is 11.6 Å². The Morgan fingerprint density at radius 1 is 1.00 bits per heavy atom. The Kier molecular flexibility index (Phi) is 5.96. The summed E-state index contributed by atoms with van der Waals surface area (Å²) in [5, 5.41) is 6.73. The van der Waals surface area contributed by atoms with Crippen LogP contribution in [0.15, 0.2) is 48.7 Å². The summed E-state index contributed by atoms with van der Waals surface area (Å²) in [6, 6.07) is 12.2. The van der Waals surface area contributed by atoms with E-state index in [0.717, 1.165) is 5.69 Å². The molecule has 0 amide bonds. The quantitative estimate of drug-likeness (QED) is 0.551. The van der Waals surface area contributed by atoms with E-state index in [-0.39, 0.29) is 5.78 Å². The minimum atomic E-state index is 0.0151. The van der Waals surface area contributed by atoms with Gasteiger partial charge < -0.3 is 20.1 Å². The minimum Gasteiger partial charge on any atom is -0.495 e. The summed E-state index contributed by atoms with van der Waals surface area (Å²) in [4.78, 5) is 20.0. The Balaban J connectivity index is 1.81. The molecule has 0 atom stereocenters. The van der Waals surface area contributed by atoms with Crippen LogP contribution in [0.4, 0.5) is 23.1 Å². The number of nitrogens with one attached hydrogen (secondary N) is 2. The molecule has 3 rings (SSSR count). The predicted octanol–water partition coefficient (Wildman–Crippen LogP) is 4.84. The molecule has 0 aliphatic heterocycles. The van der Waals surface area contributed by atoms with Crippen molar-refractivity contribution in [3.05, 3.63) is 59.2 Å². The molecule has 0 fully saturated rings. The van der Waals surface area contributed by atoms with Gasteiger partial charge >= 0.3 is 0 Å². The second-order valence-electron chi connectivity index (χ2n) is 5.84. The molecule has 7 nitrogen and oxygen atoms in total. The SMILES string of the molecule is COc1cc(Nc2ccnc(Nc3ccc(C(C)=O)cc3)n2)c(OC)cc1Cl. The summed E-state index contributed by atoms with van der Waals surface area (Å²) >= 11 is 6.14. The molecule has 0 saturated heterocycles. The van der Waals surface area contributed by atoms with Gasteiger partial charge in [-0.05, 0) is 37.3 Å². The summed E-state index contributed by atoms with van der Waals surface area (Å²) < 4.78 is 10.6. The van der Waals surface area contributed by atoms with E-state index in [2.05, 4.69) is 20.6 Å². The first-order valence-electron chi connectivity index (χ1n) is 8.39. The van der Waals surface area contributed by atoms with Crippen molar-refractivity contribution in [3.63, 3.8) is 0 Å². The Bertz CT molecular complexity index is 993. The van der Waals surface area contributed by atoms with Crippen LogP contribution in [0.25, 0.3) is 0 Å². The van der Waals surface area contributed by atoms with E-state index in [0.29, 0.717) is 39.5 Å². The lowest BCUT2D eigenvalue weighted by molar-refractivity contribution is 0.101. The lowest BCUT2D eigenvalue weighted by atomic mass is 10.1. The number of rotatable bonds is 7. The zero-order valence-electron chi connectivity index (χ0n) is 15.6. The number of aromatic nitrogens is 2. The largest absolute Gasteiger partial charge is 0.495 e. The molecule has 2 N–H and O–H groups in total. The maximum atomic E-state index is 11.4. The molecular weight excluding hydrogens is 380 g/mol. The van der Waals surface area contributed by atoms with Crippen LogP contribution in [-0.2, 0) is 0 Å². The van der Waals surface area contributed by atoms with E-state index in [4.69, 9.17) is 21.1 Å². The van der Waals surface area contributed by atoms with Crippen molar-refractivity contribution in [3.8, 4) is 11.5 Å². The van der Waals surface area contributed by atoms with Crippen molar-refractivity contribution in [1.82, 2.24) is 9.97 Å². The molecule has 0 unspecified atom stereocenters. The van der Waals surface area contributed by atoms with Crippen LogP contribution in [0.1, 0.15) is 17.3 Å². The van der Waals surface area contributed by atoms with E-state index >= 15 is 0 Å². The highest BCUT2D eigenvalue weighted by atomic mass is 35.5. The number of hydrogen-bond donors (Lipinski definition) is 2. The second-order valence-corrected chi connectivity index (χ2v) is 6.24. The summed E-state index contributed by atoms with van der Waals surface area (Å²) in [5.74, 6) is 2.05. The number of ether oxygens (including phenoxy) is 2. The average Bonchev–Trinajstić information content (AvgIpc) is 2.69. The highest BCUT2D eigenvalue weighted by Gasteiger charge is 2.11. The molecule has 8 heteroatoms. The number of anilines is 4. The number of ketones is 1. The zero-order chi connectivity index (χ0) is 20.1. The molecular formula is C20H19ClN4O3. The highest BCUT2D eigenvalue weighted by Crippen LogP contribution is 2.37. The standard InChI is InChI=1S/C20H19ClN4O3/c1-12(26)13-4-6-14(7-5-13)23-20-22-9-8-19(25-20)24-16-11-17(27-2)15(21)10-18(16)28-3/h4-11H,1-3H3,(H2,22,23,24,25). The first-order valence-corrected chi connectivity index (χ1v) is 8.77. The van der Waals surface area contributed by atoms with Crippen LogP contribution in [0.2, 0.25) is 5.02 Å². The number of Topliss-reactive ketones (excluding diaryl/α,β-unsaturated/α-hetero) is 1. The molecule has 1 aromatic heterocycles. The van der Waals surface area contributed by atoms with Gasteiger partial charge in [0.1, 0.15) is 17.3 Å². The average molecular weight is 399 g/mol. The summed E-state index contributed by atoms with van der Waals surface area (Å²) in [6.07, 6.45) is 1.63. The molecule has 1 heterocycles. The number of carbonyl (C=O) groups is 1. The smallest absolute Gasteiger partial charge is 0.229 e. The predicted molar refractivity (Wildman–Crippen MR) is 110 cm³/mol. The molecule has 0 aliphatic carbocycles. The van der Waals surface area contributed by atoms with Crippen LogP contribution in [0.5, 0.6) is 11.5 Å². The maximum Gasteiger partial charge on any atom is 0.229 e. The fraction of sp³-hybridized carbons (Fsp3) is 0.150. The molecule has 0 bridgehead atoms. The van der Waals surface area contributed by atoms with Gasteiger partial charge in [0.2, 0.25) is 5.95 Å². The van der Waals surface area contributed by atoms with Crippen molar-refractivity contribution < 1.29 is 14.3 Å². The van der Waals surface area contributed by atoms with Gasteiger partial charge in [0.05, 0.1) is 24.9 Å². The van der Waals surface area contributed by atoms with Crippen LogP contribution in [0, 0.1) is 0 Å². The van der Waals surface area contributed by atoms with Gasteiger partial charge in [-0.2, -0.15) is 4.98 Å². The molecule has 2 aromatic carbocycles. The molecule has 0 radical (unpaired) electrons. The first kappa shape index (κ1) is 19.4. The number of carbonyl (C=O) groups excluding carboxylic acids is 1. The number of halogens is 1. The maximum absolute atomic E-state index is 11.4. The van der Waals surface area contributed by atoms with Gasteiger partial charge in [0, 0.05) is 29.6 Å². The fourth-order valence-electron chi connectivity index (χ4n) is 2.50. The Morgan fingerprint density at radius 3 is 2.36 bits per heavy atom. The molecule has 3 aromatic rings. The normalized spacial score (nSPS) is 10.3. The van der Waals surface area contributed by atoms with Crippen molar-refractivity contribution in [1.29, 1.82) is 0 Å². The van der Waals surface area contributed by atoms with Gasteiger partial charge in [0.25, 0.3) is 0 Å². The Hall–Kier alpha value is -3.32. The monoisotopic (exact) mass is 398 g/mol. The lowest BCUT2D eigenvalue weighted by Crippen LogP contribution is -2.02. The topological polar surface area (TPSA) is 85.4 Å². The van der Waals surface area contributed by atoms with Gasteiger partial charge in [0.15, 0.2) is 5.78 Å². The Labute approximate surface area is 167 Å². The Morgan fingerprint density at radius 2 is 1.71 bits per heavy atom. The van der Waals surface area contributed by atoms with E-state index in [1.54, 1.807) is 62.9 Å².